The summed E-state index contributed by atoms with van der Waals surface area (Å²) in [6.45, 7) is 0.317. The first-order valence-electron chi connectivity index (χ1n) is 5.24. The molecule has 1 aromatic rings. The third-order valence-electron chi connectivity index (χ3n) is 3.02. The fraction of sp³-hybridized carbons (Fsp3) is 0.167. The number of carbonyl (C=O) groups excluding carboxylic acids is 2. The second kappa shape index (κ2) is 3.60. The number of hydrogen-bond acceptors (Lipinski definition) is 2. The van der Waals surface area contributed by atoms with E-state index in [0.717, 1.165) is 5.56 Å². The van der Waals surface area contributed by atoms with Gasteiger partial charge in [-0.1, -0.05) is 23.7 Å². The molecule has 2 aliphatic heterocycles. The lowest BCUT2D eigenvalue weighted by Gasteiger charge is -2.14. The van der Waals surface area contributed by atoms with Gasteiger partial charge >= 0.3 is 0 Å². The van der Waals surface area contributed by atoms with Gasteiger partial charge in [-0.2, -0.15) is 0 Å². The van der Waals surface area contributed by atoms with Gasteiger partial charge in [0, 0.05) is 17.1 Å². The summed E-state index contributed by atoms with van der Waals surface area (Å²) in [4.78, 5) is 23.4. The lowest BCUT2D eigenvalue weighted by molar-refractivity contribution is -0.117. The van der Waals surface area contributed by atoms with Crippen molar-refractivity contribution in [3.63, 3.8) is 0 Å². The van der Waals surface area contributed by atoms with E-state index >= 15 is 0 Å². The Bertz CT molecular complexity index is 563. The van der Waals surface area contributed by atoms with E-state index in [4.69, 9.17) is 11.6 Å². The van der Waals surface area contributed by atoms with Gasteiger partial charge in [0.25, 0.3) is 0 Å². The molecule has 0 aromatic heterocycles. The molecule has 0 saturated carbocycles. The third kappa shape index (κ3) is 1.52. The predicted molar refractivity (Wildman–Crippen MR) is 62.4 cm³/mol. The lowest BCUT2D eigenvalue weighted by Crippen LogP contribution is -2.31. The van der Waals surface area contributed by atoms with E-state index in [-0.39, 0.29) is 17.9 Å². The van der Waals surface area contributed by atoms with Crippen molar-refractivity contribution in [3.8, 4) is 0 Å². The second-order valence-electron chi connectivity index (χ2n) is 4.04. The fourth-order valence-corrected chi connectivity index (χ4v) is 2.43. The number of carbonyl (C=O) groups is 2. The predicted octanol–water partition coefficient (Wildman–Crippen LogP) is 0.937. The van der Waals surface area contributed by atoms with Crippen molar-refractivity contribution in [1.82, 2.24) is 10.6 Å². The molecule has 5 heteroatoms. The number of benzene rings is 1. The van der Waals surface area contributed by atoms with Gasteiger partial charge in [-0.25, -0.2) is 0 Å². The zero-order valence-electron chi connectivity index (χ0n) is 8.79. The molecule has 3 rings (SSSR count). The van der Waals surface area contributed by atoms with Crippen molar-refractivity contribution < 1.29 is 9.59 Å². The van der Waals surface area contributed by atoms with Crippen LogP contribution in [0.2, 0.25) is 5.02 Å². The highest BCUT2D eigenvalue weighted by molar-refractivity contribution is 6.30. The zero-order valence-corrected chi connectivity index (χ0v) is 9.54. The maximum Gasteiger partial charge on any atom is 0.250 e. The van der Waals surface area contributed by atoms with E-state index < -0.39 is 0 Å². The Hall–Kier alpha value is -1.81. The fourth-order valence-electron chi connectivity index (χ4n) is 2.23. The summed E-state index contributed by atoms with van der Waals surface area (Å²) in [5, 5.41) is 6.04. The van der Waals surface area contributed by atoms with Crippen LogP contribution in [-0.2, 0) is 9.59 Å². The van der Waals surface area contributed by atoms with Gasteiger partial charge in [0.2, 0.25) is 11.8 Å². The van der Waals surface area contributed by atoms with Gasteiger partial charge in [-0.05, 0) is 17.7 Å². The third-order valence-corrected chi connectivity index (χ3v) is 3.25. The van der Waals surface area contributed by atoms with Gasteiger partial charge in [0.15, 0.2) is 0 Å². The molecular formula is C12H9ClN2O2. The molecule has 86 valence electrons. The Morgan fingerprint density at radius 2 is 2.06 bits per heavy atom. The van der Waals surface area contributed by atoms with Crippen molar-refractivity contribution in [3.05, 3.63) is 46.0 Å². The first kappa shape index (κ1) is 10.4. The summed E-state index contributed by atoms with van der Waals surface area (Å²) in [5.74, 6) is -0.355. The average Bonchev–Trinajstić information content (AvgIpc) is 2.82. The summed E-state index contributed by atoms with van der Waals surface area (Å²) >= 11 is 5.91. The highest BCUT2D eigenvalue weighted by Gasteiger charge is 2.40. The number of halogens is 1. The van der Waals surface area contributed by atoms with E-state index in [1.165, 1.54) is 0 Å². The average molecular weight is 249 g/mol. The van der Waals surface area contributed by atoms with Crippen molar-refractivity contribution >= 4 is 23.4 Å². The van der Waals surface area contributed by atoms with Crippen LogP contribution in [0, 0.1) is 0 Å². The zero-order chi connectivity index (χ0) is 12.0. The van der Waals surface area contributed by atoms with Crippen LogP contribution in [0.4, 0.5) is 0 Å². The molecule has 0 aliphatic carbocycles. The molecule has 0 fully saturated rings. The minimum Gasteiger partial charge on any atom is -0.348 e. The molecule has 4 nitrogen and oxygen atoms in total. The van der Waals surface area contributed by atoms with E-state index in [1.807, 2.05) is 6.07 Å². The van der Waals surface area contributed by atoms with E-state index in [2.05, 4.69) is 10.6 Å². The largest absolute Gasteiger partial charge is 0.348 e. The van der Waals surface area contributed by atoms with Crippen molar-refractivity contribution in [2.75, 3.05) is 6.54 Å². The van der Waals surface area contributed by atoms with Crippen LogP contribution in [0.3, 0.4) is 0 Å². The first-order chi connectivity index (χ1) is 8.16. The van der Waals surface area contributed by atoms with Crippen LogP contribution < -0.4 is 10.6 Å². The number of hydrogen-bond donors (Lipinski definition) is 2. The van der Waals surface area contributed by atoms with Crippen LogP contribution >= 0.6 is 11.6 Å². The number of nitrogens with one attached hydrogen (secondary N) is 2. The van der Waals surface area contributed by atoms with Crippen molar-refractivity contribution in [1.29, 1.82) is 0 Å². The topological polar surface area (TPSA) is 58.2 Å². The van der Waals surface area contributed by atoms with Gasteiger partial charge in [0.05, 0.1) is 11.6 Å². The van der Waals surface area contributed by atoms with Gasteiger partial charge in [-0.15, -0.1) is 0 Å². The Labute approximate surface area is 103 Å². The first-order valence-corrected chi connectivity index (χ1v) is 5.62. The maximum atomic E-state index is 11.7. The second-order valence-corrected chi connectivity index (χ2v) is 4.47. The Morgan fingerprint density at radius 1 is 1.24 bits per heavy atom. The molecule has 2 aliphatic rings. The quantitative estimate of drug-likeness (QED) is 0.777. The standard InChI is InChI=1S/C12H9ClN2O2/c13-7-3-1-2-6(4-7)10-9-8(11(16)15-10)5-14-12(9)17/h1-4,10H,5H2,(H,14,17)(H,15,16). The summed E-state index contributed by atoms with van der Waals surface area (Å²) in [5.41, 5.74) is 1.89. The van der Waals surface area contributed by atoms with Crippen LogP contribution in [0.5, 0.6) is 0 Å². The molecule has 0 saturated heterocycles. The van der Waals surface area contributed by atoms with E-state index in [0.29, 0.717) is 22.7 Å². The van der Waals surface area contributed by atoms with E-state index in [9.17, 15) is 9.59 Å². The smallest absolute Gasteiger partial charge is 0.250 e. The van der Waals surface area contributed by atoms with Crippen molar-refractivity contribution in [2.24, 2.45) is 0 Å². The SMILES string of the molecule is O=C1NC(c2cccc(Cl)c2)C2=C1CNC2=O. The minimum atomic E-state index is -0.376. The summed E-state index contributed by atoms with van der Waals surface area (Å²) in [6.07, 6.45) is 0. The summed E-state index contributed by atoms with van der Waals surface area (Å²) in [6, 6.07) is 6.78. The van der Waals surface area contributed by atoms with Crippen LogP contribution in [-0.4, -0.2) is 18.4 Å². The molecule has 2 heterocycles. The highest BCUT2D eigenvalue weighted by atomic mass is 35.5. The lowest BCUT2D eigenvalue weighted by atomic mass is 9.99. The summed E-state index contributed by atoms with van der Waals surface area (Å²) < 4.78 is 0. The molecule has 1 aromatic carbocycles. The van der Waals surface area contributed by atoms with Crippen LogP contribution in [0.15, 0.2) is 35.4 Å². The molecule has 0 bridgehead atoms. The molecule has 1 atom stereocenters. The van der Waals surface area contributed by atoms with Crippen molar-refractivity contribution in [2.45, 2.75) is 6.04 Å². The highest BCUT2D eigenvalue weighted by Crippen LogP contribution is 2.33. The van der Waals surface area contributed by atoms with Crippen LogP contribution in [0.25, 0.3) is 0 Å². The number of amides is 2. The molecule has 2 amide bonds. The minimum absolute atomic E-state index is 0.177. The molecule has 0 radical (unpaired) electrons. The van der Waals surface area contributed by atoms with Gasteiger partial charge < -0.3 is 10.6 Å². The monoisotopic (exact) mass is 248 g/mol. The van der Waals surface area contributed by atoms with Crippen LogP contribution in [0.1, 0.15) is 11.6 Å². The Kier molecular flexibility index (Phi) is 2.19. The Morgan fingerprint density at radius 3 is 2.82 bits per heavy atom. The maximum absolute atomic E-state index is 11.7. The molecule has 2 N–H and O–H groups in total. The Balaban J connectivity index is 2.06. The van der Waals surface area contributed by atoms with Gasteiger partial charge in [0.1, 0.15) is 0 Å². The number of rotatable bonds is 1. The molecule has 17 heavy (non-hydrogen) atoms. The molecule has 0 spiro atoms. The normalized spacial score (nSPS) is 22.5. The molecular weight excluding hydrogens is 240 g/mol. The summed E-state index contributed by atoms with van der Waals surface area (Å²) in [7, 11) is 0. The van der Waals surface area contributed by atoms with Gasteiger partial charge in [-0.3, -0.25) is 9.59 Å². The van der Waals surface area contributed by atoms with E-state index in [1.54, 1.807) is 18.2 Å². The molecule has 1 unspecified atom stereocenters.